The number of nitro benzene ring substituents is 1. The summed E-state index contributed by atoms with van der Waals surface area (Å²) in [5, 5.41) is 31.6. The van der Waals surface area contributed by atoms with Gasteiger partial charge >= 0.3 is 5.69 Å². The summed E-state index contributed by atoms with van der Waals surface area (Å²) in [5.74, 6) is -0.831. The van der Waals surface area contributed by atoms with Crippen molar-refractivity contribution < 1.29 is 14.4 Å². The second-order valence-corrected chi connectivity index (χ2v) is 5.86. The maximum atomic E-state index is 13.4. The van der Waals surface area contributed by atoms with Crippen LogP contribution in [-0.4, -0.2) is 31.1 Å². The van der Waals surface area contributed by atoms with Gasteiger partial charge < -0.3 is 5.11 Å². The van der Waals surface area contributed by atoms with Crippen molar-refractivity contribution >= 4 is 35.7 Å². The van der Waals surface area contributed by atoms with Crippen molar-refractivity contribution in [3.63, 3.8) is 0 Å². The molecule has 0 unspecified atom stereocenters. The van der Waals surface area contributed by atoms with Crippen LogP contribution < -0.4 is 0 Å². The molecule has 0 saturated heterocycles. The Bertz CT molecular complexity index is 1100. The van der Waals surface area contributed by atoms with Crippen molar-refractivity contribution in [3.8, 4) is 17.1 Å². The number of aromatic nitrogens is 3. The molecule has 2 N–H and O–H groups in total. The second-order valence-electron chi connectivity index (χ2n) is 5.04. The SMILES string of the molecule is O=[N+]([O-])c1cc(Cl)cc(/C=N\n2c(-c3cccc(F)c3)n[nH]c2=S)c1O. The van der Waals surface area contributed by atoms with Gasteiger partial charge in [-0.05, 0) is 30.4 Å². The first-order valence-corrected chi connectivity index (χ1v) is 7.80. The second kappa shape index (κ2) is 7.02. The lowest BCUT2D eigenvalue weighted by atomic mass is 10.2. The zero-order chi connectivity index (χ0) is 18.8. The molecule has 0 saturated carbocycles. The Morgan fingerprint density at radius 3 is 2.88 bits per heavy atom. The first-order chi connectivity index (χ1) is 12.4. The summed E-state index contributed by atoms with van der Waals surface area (Å²) < 4.78 is 14.7. The molecule has 3 aromatic rings. The molecule has 2 aromatic carbocycles. The smallest absolute Gasteiger partial charge is 0.312 e. The number of hydrogen-bond acceptors (Lipinski definition) is 6. The van der Waals surface area contributed by atoms with E-state index in [0.29, 0.717) is 5.56 Å². The highest BCUT2D eigenvalue weighted by molar-refractivity contribution is 7.71. The molecule has 0 radical (unpaired) electrons. The van der Waals surface area contributed by atoms with Gasteiger partial charge in [0.15, 0.2) is 5.82 Å². The Balaban J connectivity index is 2.07. The van der Waals surface area contributed by atoms with E-state index >= 15 is 0 Å². The predicted molar refractivity (Wildman–Crippen MR) is 95.6 cm³/mol. The van der Waals surface area contributed by atoms with Crippen molar-refractivity contribution in [1.82, 2.24) is 14.9 Å². The number of nitro groups is 1. The van der Waals surface area contributed by atoms with Crippen LogP contribution >= 0.6 is 23.8 Å². The summed E-state index contributed by atoms with van der Waals surface area (Å²) in [6.07, 6.45) is 1.14. The number of benzene rings is 2. The zero-order valence-corrected chi connectivity index (χ0v) is 14.3. The highest BCUT2D eigenvalue weighted by Crippen LogP contribution is 2.32. The van der Waals surface area contributed by atoms with E-state index in [0.717, 1.165) is 12.3 Å². The molecule has 8 nitrogen and oxygen atoms in total. The highest BCUT2D eigenvalue weighted by Gasteiger charge is 2.18. The molecule has 0 aliphatic carbocycles. The fraction of sp³-hybridized carbons (Fsp3) is 0. The van der Waals surface area contributed by atoms with Crippen LogP contribution in [0, 0.1) is 20.7 Å². The number of phenolic OH excluding ortho intramolecular Hbond substituents is 1. The summed E-state index contributed by atoms with van der Waals surface area (Å²) in [7, 11) is 0. The van der Waals surface area contributed by atoms with Gasteiger partial charge in [0.1, 0.15) is 5.82 Å². The van der Waals surface area contributed by atoms with Crippen molar-refractivity contribution in [2.45, 2.75) is 0 Å². The van der Waals surface area contributed by atoms with Crippen LogP contribution in [0.15, 0.2) is 41.5 Å². The van der Waals surface area contributed by atoms with E-state index in [1.807, 2.05) is 0 Å². The molecule has 0 bridgehead atoms. The molecule has 0 spiro atoms. The molecule has 1 heterocycles. The molecule has 0 atom stereocenters. The van der Waals surface area contributed by atoms with Crippen molar-refractivity contribution in [2.24, 2.45) is 5.10 Å². The average Bonchev–Trinajstić information content (AvgIpc) is 2.96. The fourth-order valence-electron chi connectivity index (χ4n) is 2.18. The maximum Gasteiger partial charge on any atom is 0.312 e. The molecule has 0 amide bonds. The quantitative estimate of drug-likeness (QED) is 0.302. The molecular weight excluding hydrogens is 385 g/mol. The Kier molecular flexibility index (Phi) is 4.78. The number of halogens is 2. The third kappa shape index (κ3) is 3.46. The van der Waals surface area contributed by atoms with E-state index in [9.17, 15) is 19.6 Å². The van der Waals surface area contributed by atoms with Crippen LogP contribution in [0.25, 0.3) is 11.4 Å². The van der Waals surface area contributed by atoms with Gasteiger partial charge in [-0.2, -0.15) is 14.9 Å². The van der Waals surface area contributed by atoms with Gasteiger partial charge in [0.25, 0.3) is 0 Å². The molecule has 132 valence electrons. The number of hydrogen-bond donors (Lipinski definition) is 2. The van der Waals surface area contributed by atoms with Gasteiger partial charge in [-0.15, -0.1) is 0 Å². The van der Waals surface area contributed by atoms with Crippen LogP contribution in [0.5, 0.6) is 5.75 Å². The number of rotatable bonds is 4. The van der Waals surface area contributed by atoms with Crippen molar-refractivity contribution in [1.29, 1.82) is 0 Å². The van der Waals surface area contributed by atoms with Crippen molar-refractivity contribution in [3.05, 3.63) is 67.7 Å². The van der Waals surface area contributed by atoms with Gasteiger partial charge in [-0.3, -0.25) is 10.1 Å². The Morgan fingerprint density at radius 1 is 1.42 bits per heavy atom. The Morgan fingerprint density at radius 2 is 2.19 bits per heavy atom. The largest absolute Gasteiger partial charge is 0.502 e. The number of nitrogens with one attached hydrogen (secondary N) is 1. The predicted octanol–water partition coefficient (Wildman–Crippen LogP) is 3.90. The summed E-state index contributed by atoms with van der Waals surface area (Å²) in [6.45, 7) is 0. The van der Waals surface area contributed by atoms with Crippen LogP contribution in [0.3, 0.4) is 0 Å². The molecule has 0 fully saturated rings. The molecule has 3 rings (SSSR count). The summed E-state index contributed by atoms with van der Waals surface area (Å²) in [4.78, 5) is 10.2. The van der Waals surface area contributed by atoms with Gasteiger partial charge in [0, 0.05) is 22.2 Å². The lowest BCUT2D eigenvalue weighted by Crippen LogP contribution is -1.97. The van der Waals surface area contributed by atoms with E-state index in [1.54, 1.807) is 6.07 Å². The zero-order valence-electron chi connectivity index (χ0n) is 12.8. The van der Waals surface area contributed by atoms with E-state index < -0.39 is 22.2 Å². The fourth-order valence-corrected chi connectivity index (χ4v) is 2.58. The summed E-state index contributed by atoms with van der Waals surface area (Å²) in [6, 6.07) is 7.97. The third-order valence-corrected chi connectivity index (χ3v) is 3.81. The van der Waals surface area contributed by atoms with Crippen LogP contribution in [-0.2, 0) is 0 Å². The monoisotopic (exact) mass is 393 g/mol. The Hall–Kier alpha value is -3.11. The molecule has 0 aliphatic heterocycles. The number of nitrogens with zero attached hydrogens (tertiary/aromatic N) is 4. The van der Waals surface area contributed by atoms with E-state index in [-0.39, 0.29) is 21.2 Å². The minimum Gasteiger partial charge on any atom is -0.502 e. The van der Waals surface area contributed by atoms with Gasteiger partial charge in [0.05, 0.1) is 11.1 Å². The molecule has 0 aliphatic rings. The summed E-state index contributed by atoms with van der Waals surface area (Å²) in [5.41, 5.74) is -0.131. The minimum absolute atomic E-state index is 0.0116. The molecular formula is C15H9ClFN5O3S. The molecule has 26 heavy (non-hydrogen) atoms. The van der Waals surface area contributed by atoms with Crippen molar-refractivity contribution in [2.75, 3.05) is 0 Å². The standard InChI is InChI=1S/C15H9ClFN5O3S/c16-10-4-9(13(23)12(6-10)22(24)25)7-18-21-14(19-20-15(21)26)8-2-1-3-11(17)5-8/h1-7,23H,(H,20,26)/b18-7-. The van der Waals surface area contributed by atoms with E-state index in [2.05, 4.69) is 15.3 Å². The molecule has 11 heteroatoms. The lowest BCUT2D eigenvalue weighted by Gasteiger charge is -2.03. The normalized spacial score (nSPS) is 11.2. The van der Waals surface area contributed by atoms with Gasteiger partial charge in [-0.25, -0.2) is 9.49 Å². The third-order valence-electron chi connectivity index (χ3n) is 3.33. The first-order valence-electron chi connectivity index (χ1n) is 7.01. The number of aromatic amines is 1. The number of aromatic hydroxyl groups is 1. The van der Waals surface area contributed by atoms with Crippen LogP contribution in [0.4, 0.5) is 10.1 Å². The van der Waals surface area contributed by atoms with E-state index in [1.165, 1.54) is 28.9 Å². The van der Waals surface area contributed by atoms with E-state index in [4.69, 9.17) is 23.8 Å². The summed E-state index contributed by atoms with van der Waals surface area (Å²) >= 11 is 10.9. The maximum absolute atomic E-state index is 13.4. The Labute approximate surface area is 155 Å². The number of H-pyrrole nitrogens is 1. The minimum atomic E-state index is -0.764. The first kappa shape index (κ1) is 17.7. The molecule has 1 aromatic heterocycles. The number of phenols is 1. The average molecular weight is 394 g/mol. The topological polar surface area (TPSA) is 109 Å². The van der Waals surface area contributed by atoms with Crippen LogP contribution in [0.2, 0.25) is 5.02 Å². The van der Waals surface area contributed by atoms with Crippen LogP contribution in [0.1, 0.15) is 5.56 Å². The lowest BCUT2D eigenvalue weighted by molar-refractivity contribution is -0.385. The van der Waals surface area contributed by atoms with Gasteiger partial charge in [-0.1, -0.05) is 23.7 Å². The van der Waals surface area contributed by atoms with Gasteiger partial charge in [0.2, 0.25) is 10.5 Å². The highest BCUT2D eigenvalue weighted by atomic mass is 35.5.